The van der Waals surface area contributed by atoms with E-state index >= 15 is 0 Å². The number of aromatic nitrogens is 4. The van der Waals surface area contributed by atoms with Crippen LogP contribution >= 0.6 is 0 Å². The van der Waals surface area contributed by atoms with Crippen molar-refractivity contribution in [3.05, 3.63) is 18.2 Å². The van der Waals surface area contributed by atoms with Crippen LogP contribution in [0.15, 0.2) is 23.1 Å². The summed E-state index contributed by atoms with van der Waals surface area (Å²) in [4.78, 5) is 1.67. The van der Waals surface area contributed by atoms with Crippen molar-refractivity contribution in [3.8, 4) is 11.4 Å². The zero-order valence-electron chi connectivity index (χ0n) is 14.6. The number of anilines is 1. The largest absolute Gasteiger partial charge is 0.382 e. The van der Waals surface area contributed by atoms with Gasteiger partial charge in [-0.1, -0.05) is 19.3 Å². The van der Waals surface area contributed by atoms with Crippen molar-refractivity contribution in [2.75, 3.05) is 12.4 Å². The highest BCUT2D eigenvalue weighted by Gasteiger charge is 2.20. The lowest BCUT2D eigenvalue weighted by atomic mass is 9.95. The fourth-order valence-electron chi connectivity index (χ4n) is 3.07. The molecule has 0 saturated heterocycles. The van der Waals surface area contributed by atoms with Crippen LogP contribution in [-0.4, -0.2) is 41.7 Å². The lowest BCUT2D eigenvalue weighted by Crippen LogP contribution is -2.23. The standard InChI is InChI=1S/C16H24N6O2S/c1-3-22-20-16(19-21-22)14-11-13(25(23,24)17-2)9-10-15(14)18-12-7-5-4-6-8-12/h9-12,17-18H,3-8H2,1-2H3. The van der Waals surface area contributed by atoms with E-state index in [2.05, 4.69) is 25.4 Å². The normalized spacial score (nSPS) is 16.1. The van der Waals surface area contributed by atoms with E-state index in [1.165, 1.54) is 31.1 Å². The third-order valence-electron chi connectivity index (χ3n) is 4.51. The van der Waals surface area contributed by atoms with Gasteiger partial charge in [-0.3, -0.25) is 0 Å². The van der Waals surface area contributed by atoms with E-state index < -0.39 is 10.0 Å². The van der Waals surface area contributed by atoms with Gasteiger partial charge in [0.2, 0.25) is 15.8 Å². The molecule has 9 heteroatoms. The number of nitrogens with zero attached hydrogens (tertiary/aromatic N) is 4. The van der Waals surface area contributed by atoms with E-state index in [0.717, 1.165) is 18.5 Å². The van der Waals surface area contributed by atoms with Gasteiger partial charge in [-0.25, -0.2) is 13.1 Å². The van der Waals surface area contributed by atoms with E-state index in [4.69, 9.17) is 0 Å². The van der Waals surface area contributed by atoms with Crippen LogP contribution in [0.5, 0.6) is 0 Å². The van der Waals surface area contributed by atoms with Gasteiger partial charge in [0.25, 0.3) is 0 Å². The van der Waals surface area contributed by atoms with E-state index in [9.17, 15) is 8.42 Å². The zero-order chi connectivity index (χ0) is 17.9. The van der Waals surface area contributed by atoms with Gasteiger partial charge in [-0.05, 0) is 50.2 Å². The monoisotopic (exact) mass is 364 g/mol. The average Bonchev–Trinajstić information content (AvgIpc) is 3.12. The number of hydrogen-bond acceptors (Lipinski definition) is 6. The topological polar surface area (TPSA) is 102 Å². The molecule has 25 heavy (non-hydrogen) atoms. The minimum atomic E-state index is -3.54. The molecule has 8 nitrogen and oxygen atoms in total. The highest BCUT2D eigenvalue weighted by Crippen LogP contribution is 2.30. The number of rotatable bonds is 6. The first kappa shape index (κ1) is 17.8. The molecular weight excluding hydrogens is 340 g/mol. The van der Waals surface area contributed by atoms with Crippen molar-refractivity contribution in [2.45, 2.75) is 56.5 Å². The third kappa shape index (κ3) is 3.98. The molecule has 0 amide bonds. The number of tetrazole rings is 1. The summed E-state index contributed by atoms with van der Waals surface area (Å²) in [5.74, 6) is 0.424. The Bertz CT molecular complexity index is 827. The summed E-state index contributed by atoms with van der Waals surface area (Å²) in [6, 6.07) is 5.39. The number of nitrogens with one attached hydrogen (secondary N) is 2. The fraction of sp³-hybridized carbons (Fsp3) is 0.562. The van der Waals surface area contributed by atoms with E-state index in [1.54, 1.807) is 18.2 Å². The molecule has 0 radical (unpaired) electrons. The summed E-state index contributed by atoms with van der Waals surface area (Å²) in [7, 11) is -2.14. The molecule has 2 aromatic rings. The number of aryl methyl sites for hydroxylation is 1. The van der Waals surface area contributed by atoms with E-state index in [1.807, 2.05) is 6.92 Å². The molecule has 1 heterocycles. The van der Waals surface area contributed by atoms with Gasteiger partial charge in [-0.15, -0.1) is 10.2 Å². The Kier molecular flexibility index (Phi) is 5.33. The molecule has 2 N–H and O–H groups in total. The summed E-state index contributed by atoms with van der Waals surface area (Å²) in [5.41, 5.74) is 1.50. The second kappa shape index (κ2) is 7.49. The molecule has 0 aliphatic heterocycles. The van der Waals surface area contributed by atoms with Gasteiger partial charge < -0.3 is 5.32 Å². The fourth-order valence-corrected chi connectivity index (χ4v) is 3.83. The Hall–Kier alpha value is -2.00. The van der Waals surface area contributed by atoms with Gasteiger partial charge in [0, 0.05) is 17.3 Å². The van der Waals surface area contributed by atoms with Crippen LogP contribution in [0.3, 0.4) is 0 Å². The number of benzene rings is 1. The summed E-state index contributed by atoms with van der Waals surface area (Å²) in [5, 5.41) is 16.0. The molecule has 0 unspecified atom stereocenters. The zero-order valence-corrected chi connectivity index (χ0v) is 15.4. The van der Waals surface area contributed by atoms with Crippen LogP contribution in [-0.2, 0) is 16.6 Å². The van der Waals surface area contributed by atoms with Crippen LogP contribution in [0.25, 0.3) is 11.4 Å². The third-order valence-corrected chi connectivity index (χ3v) is 5.92. The summed E-state index contributed by atoms with van der Waals surface area (Å²) >= 11 is 0. The summed E-state index contributed by atoms with van der Waals surface area (Å²) < 4.78 is 26.7. The first-order valence-electron chi connectivity index (χ1n) is 8.66. The van der Waals surface area contributed by atoms with Gasteiger partial charge in [0.15, 0.2) is 0 Å². The molecule has 1 aliphatic rings. The maximum Gasteiger partial charge on any atom is 0.240 e. The molecule has 136 valence electrons. The minimum absolute atomic E-state index is 0.187. The van der Waals surface area contributed by atoms with Crippen LogP contribution in [0.1, 0.15) is 39.0 Å². The number of sulfonamides is 1. The molecule has 0 spiro atoms. The summed E-state index contributed by atoms with van der Waals surface area (Å²) in [6.07, 6.45) is 5.93. The molecule has 0 atom stereocenters. The van der Waals surface area contributed by atoms with Gasteiger partial charge in [0.05, 0.1) is 11.4 Å². The Morgan fingerprint density at radius 1 is 1.24 bits per heavy atom. The predicted octanol–water partition coefficient (Wildman–Crippen LogP) is 2.01. The van der Waals surface area contributed by atoms with Gasteiger partial charge in [0.1, 0.15) is 0 Å². The molecule has 1 aliphatic carbocycles. The molecular formula is C16H24N6O2S. The Morgan fingerprint density at radius 2 is 2.00 bits per heavy atom. The van der Waals surface area contributed by atoms with Crippen LogP contribution in [0.4, 0.5) is 5.69 Å². The van der Waals surface area contributed by atoms with Crippen molar-refractivity contribution in [1.29, 1.82) is 0 Å². The predicted molar refractivity (Wildman–Crippen MR) is 95.7 cm³/mol. The lowest BCUT2D eigenvalue weighted by Gasteiger charge is -2.25. The van der Waals surface area contributed by atoms with E-state index in [0.29, 0.717) is 24.0 Å². The molecule has 1 saturated carbocycles. The summed E-state index contributed by atoms with van der Waals surface area (Å²) in [6.45, 7) is 2.53. The second-order valence-corrected chi connectivity index (χ2v) is 8.08. The first-order valence-corrected chi connectivity index (χ1v) is 10.1. The van der Waals surface area contributed by atoms with Gasteiger partial charge >= 0.3 is 0 Å². The Morgan fingerprint density at radius 3 is 2.64 bits per heavy atom. The molecule has 1 aromatic heterocycles. The SMILES string of the molecule is CCn1nnc(-c2cc(S(=O)(=O)NC)ccc2NC2CCCCC2)n1. The van der Waals surface area contributed by atoms with Crippen molar-refractivity contribution >= 4 is 15.7 Å². The van der Waals surface area contributed by atoms with Crippen LogP contribution in [0.2, 0.25) is 0 Å². The highest BCUT2D eigenvalue weighted by atomic mass is 32.2. The second-order valence-electron chi connectivity index (χ2n) is 6.20. The number of hydrogen-bond donors (Lipinski definition) is 2. The van der Waals surface area contributed by atoms with E-state index in [-0.39, 0.29) is 4.90 Å². The van der Waals surface area contributed by atoms with Crippen molar-refractivity contribution in [3.63, 3.8) is 0 Å². The smallest absolute Gasteiger partial charge is 0.240 e. The Labute approximate surface area is 148 Å². The van der Waals surface area contributed by atoms with Crippen LogP contribution in [0, 0.1) is 0 Å². The van der Waals surface area contributed by atoms with Gasteiger partial charge in [-0.2, -0.15) is 4.80 Å². The average molecular weight is 364 g/mol. The molecule has 3 rings (SSSR count). The van der Waals surface area contributed by atoms with Crippen LogP contribution < -0.4 is 10.0 Å². The minimum Gasteiger partial charge on any atom is -0.382 e. The molecule has 1 fully saturated rings. The molecule has 0 bridgehead atoms. The molecule has 1 aromatic carbocycles. The van der Waals surface area contributed by atoms with Crippen molar-refractivity contribution in [1.82, 2.24) is 24.9 Å². The maximum absolute atomic E-state index is 12.2. The van der Waals surface area contributed by atoms with Crippen molar-refractivity contribution < 1.29 is 8.42 Å². The lowest BCUT2D eigenvalue weighted by molar-refractivity contribution is 0.463. The van der Waals surface area contributed by atoms with Crippen molar-refractivity contribution in [2.24, 2.45) is 0 Å². The Balaban J connectivity index is 2.00. The quantitative estimate of drug-likeness (QED) is 0.813. The first-order chi connectivity index (χ1) is 12.0. The maximum atomic E-state index is 12.2. The highest BCUT2D eigenvalue weighted by molar-refractivity contribution is 7.89.